The van der Waals surface area contributed by atoms with E-state index >= 15 is 8.78 Å². The Hall–Kier alpha value is -13.3. The van der Waals surface area contributed by atoms with Gasteiger partial charge in [0.1, 0.15) is 57.8 Å². The van der Waals surface area contributed by atoms with Crippen molar-refractivity contribution in [1.82, 2.24) is 89.5 Å². The molecule has 6 aliphatic heterocycles. The highest BCUT2D eigenvalue weighted by molar-refractivity contribution is 6.25. The van der Waals surface area contributed by atoms with Gasteiger partial charge >= 0.3 is 5.97 Å². The molecule has 16 rings (SSSR count). The number of amides is 9. The van der Waals surface area contributed by atoms with Crippen LogP contribution in [-0.2, 0) is 83.1 Å². The number of carbonyl (C=O) groups excluding carboxylic acids is 9. The van der Waals surface area contributed by atoms with Gasteiger partial charge in [0.25, 0.3) is 23.6 Å². The maximum Gasteiger partial charge on any atom is 0.305 e. The minimum absolute atomic E-state index is 0.00721. The first kappa shape index (κ1) is 99.7. The first-order valence-corrected chi connectivity index (χ1v) is 45.8. The highest BCUT2D eigenvalue weighted by atomic mass is 19.1. The smallest absolute Gasteiger partial charge is 0.305 e. The van der Waals surface area contributed by atoms with Crippen molar-refractivity contribution in [2.75, 3.05) is 142 Å². The zero-order valence-corrected chi connectivity index (χ0v) is 77.0. The van der Waals surface area contributed by atoms with Crippen LogP contribution in [0.1, 0.15) is 166 Å². The Kier molecular flexibility index (Phi) is 34.2. The van der Waals surface area contributed by atoms with Crippen molar-refractivity contribution >= 4 is 105 Å². The molecule has 2 unspecified atom stereocenters. The molecule has 12 heterocycles. The number of carbonyl (C=O) groups is 10. The van der Waals surface area contributed by atoms with Crippen LogP contribution in [0.4, 0.5) is 41.1 Å². The van der Waals surface area contributed by atoms with Crippen LogP contribution in [-0.4, -0.2) is 281 Å². The monoisotopic (exact) mass is 1890 g/mol. The van der Waals surface area contributed by atoms with Crippen LogP contribution in [0.2, 0.25) is 0 Å². The average molecular weight is 1890 g/mol. The minimum Gasteiger partial charge on any atom is -0.481 e. The number of pyridine rings is 2. The molecule has 0 aliphatic carbocycles. The van der Waals surface area contributed by atoms with Crippen molar-refractivity contribution in [2.45, 2.75) is 143 Å². The number of hydrogen-bond donors (Lipinski definition) is 6. The summed E-state index contributed by atoms with van der Waals surface area (Å²) in [5.41, 5.74) is 6.84. The predicted molar refractivity (Wildman–Crippen MR) is 491 cm³/mol. The van der Waals surface area contributed by atoms with Gasteiger partial charge in [0.05, 0.1) is 125 Å². The van der Waals surface area contributed by atoms with Gasteiger partial charge in [0.2, 0.25) is 41.4 Å². The Morgan fingerprint density at radius 3 is 1.28 bits per heavy atom. The maximum atomic E-state index is 15.1. The van der Waals surface area contributed by atoms with Gasteiger partial charge in [0.15, 0.2) is 23.3 Å². The number of nitrogens with zero attached hydrogens (tertiary/aromatic N) is 15. The number of imidazole rings is 2. The molecule has 41 heteroatoms. The van der Waals surface area contributed by atoms with E-state index in [0.29, 0.717) is 187 Å². The van der Waals surface area contributed by atoms with E-state index in [1.165, 1.54) is 12.1 Å². The summed E-state index contributed by atoms with van der Waals surface area (Å²) < 4.78 is 96.5. The quantitative estimate of drug-likeness (QED) is 0.0118. The largest absolute Gasteiger partial charge is 0.481 e. The zero-order chi connectivity index (χ0) is 96.9. The van der Waals surface area contributed by atoms with Gasteiger partial charge in [0, 0.05) is 127 Å². The number of ether oxygens (including phenoxy) is 6. The van der Waals surface area contributed by atoms with Crippen molar-refractivity contribution in [2.24, 2.45) is 0 Å². The Morgan fingerprint density at radius 1 is 0.467 bits per heavy atom. The number of hydrogen-bond acceptors (Lipinski definition) is 29. The van der Waals surface area contributed by atoms with Gasteiger partial charge in [-0.05, 0) is 151 Å². The molecular formula is C96H110F4N20O17. The summed E-state index contributed by atoms with van der Waals surface area (Å²) in [6, 6.07) is 21.7. The third-order valence-electron chi connectivity index (χ3n) is 23.8. The number of nitrogens with one attached hydrogen (secondary N) is 5. The molecular weight excluding hydrogens is 1780 g/mol. The van der Waals surface area contributed by atoms with Crippen LogP contribution in [0, 0.1) is 37.1 Å². The number of rotatable bonds is 40. The van der Waals surface area contributed by atoms with Crippen LogP contribution < -0.4 is 26.6 Å². The van der Waals surface area contributed by atoms with Gasteiger partial charge in [-0.3, -0.25) is 78.2 Å². The Labute approximate surface area is 786 Å². The summed E-state index contributed by atoms with van der Waals surface area (Å²) >= 11 is 0. The number of piperidine rings is 2. The van der Waals surface area contributed by atoms with Crippen molar-refractivity contribution in [3.8, 4) is 22.5 Å². The second-order valence-corrected chi connectivity index (χ2v) is 34.1. The van der Waals surface area contributed by atoms with Gasteiger partial charge in [-0.2, -0.15) is 0 Å². The van der Waals surface area contributed by atoms with E-state index in [2.05, 4.69) is 76.3 Å². The lowest BCUT2D eigenvalue weighted by atomic mass is 9.99. The van der Waals surface area contributed by atoms with Crippen LogP contribution in [0.3, 0.4) is 0 Å². The molecule has 2 atom stereocenters. The number of aryl methyl sites for hydroxylation is 4. The number of imide groups is 4. The number of piperazine rings is 2. The SMILES string of the molecule is Cc1nc2c(F)cc(-c3nc(Nc4ccc(CN5CCN(C(=O)CCOCCOCCOCCCc6cccc7c6C(=O)N(C6CCC(=O)NC6=O)C7=O)CC5)cn4)ncc3F)cc2n1C(C)C.Cc1nc2c(F)cc(-c3nc(Nc4ccc(CN5CCNCC5)cn4)ncc3F)cc2n1C(C)C.O=C(O)CCOCCOCCOCCCc1cccc2c1C(=O)N(C1CCC(=O)NC1=O)C2=O. The van der Waals surface area contributed by atoms with Crippen LogP contribution in [0.5, 0.6) is 0 Å². The van der Waals surface area contributed by atoms with Gasteiger partial charge in [-0.25, -0.2) is 57.4 Å². The third-order valence-corrected chi connectivity index (χ3v) is 23.8. The summed E-state index contributed by atoms with van der Waals surface area (Å²) in [4.78, 5) is 166. The molecule has 724 valence electrons. The third kappa shape index (κ3) is 25.1. The molecule has 0 radical (unpaired) electrons. The van der Waals surface area contributed by atoms with Gasteiger partial charge < -0.3 is 63.5 Å². The average Bonchev–Trinajstić information content (AvgIpc) is 1.62. The summed E-state index contributed by atoms with van der Waals surface area (Å²) in [5, 5.41) is 22.3. The molecule has 10 aromatic rings. The van der Waals surface area contributed by atoms with E-state index in [4.69, 9.17) is 33.5 Å². The fraction of sp³-hybridized carbons (Fsp3) is 0.438. The summed E-state index contributed by atoms with van der Waals surface area (Å²) in [5.74, 6) is -4.79. The van der Waals surface area contributed by atoms with Crippen LogP contribution >= 0.6 is 0 Å². The topological polar surface area (TPSA) is 436 Å². The van der Waals surface area contributed by atoms with Crippen LogP contribution in [0.25, 0.3) is 44.6 Å². The molecule has 4 fully saturated rings. The normalized spacial score (nSPS) is 16.4. The van der Waals surface area contributed by atoms with Crippen molar-refractivity contribution in [3.63, 3.8) is 0 Å². The molecule has 6 aromatic heterocycles. The lowest BCUT2D eigenvalue weighted by Crippen LogP contribution is -2.54. The van der Waals surface area contributed by atoms with E-state index in [0.717, 1.165) is 66.0 Å². The van der Waals surface area contributed by atoms with Gasteiger partial charge in [-0.15, -0.1) is 0 Å². The molecule has 37 nitrogen and oxygen atoms in total. The lowest BCUT2D eigenvalue weighted by Gasteiger charge is -2.34. The second-order valence-electron chi connectivity index (χ2n) is 34.1. The molecule has 137 heavy (non-hydrogen) atoms. The number of anilines is 4. The fourth-order valence-electron chi connectivity index (χ4n) is 17.2. The number of benzene rings is 4. The molecule has 6 aliphatic rings. The molecule has 4 saturated heterocycles. The van der Waals surface area contributed by atoms with E-state index in [-0.39, 0.29) is 121 Å². The number of carboxylic acids is 1. The summed E-state index contributed by atoms with van der Waals surface area (Å²) in [6.07, 6.45) is 8.52. The Morgan fingerprint density at radius 2 is 0.876 bits per heavy atom. The predicted octanol–water partition coefficient (Wildman–Crippen LogP) is 9.67. The van der Waals surface area contributed by atoms with Gasteiger partial charge in [-0.1, -0.05) is 36.4 Å². The highest BCUT2D eigenvalue weighted by Crippen LogP contribution is 2.37. The highest BCUT2D eigenvalue weighted by Gasteiger charge is 2.47. The van der Waals surface area contributed by atoms with E-state index < -0.39 is 88.6 Å². The zero-order valence-electron chi connectivity index (χ0n) is 77.0. The standard InChI is InChI=1S/C48H54F2N10O8.C25H28F2N8.C23H28N2O9/c1-29(2)59-30(3)53-44-35(49)24-33(25-38(44)59)43-36(50)27-52-48(56-43)54-39-11-9-31(26-51-39)28-57-14-16-58(17-15-57)41(62)13-19-67-21-23-68-22-20-66-18-5-7-32-6-4-8-34-42(32)47(65)60(46(34)64)37-10-12-40(61)55-45(37)63;1-15(2)35-16(3)31-24-19(26)10-18(11-21(24)35)23-20(27)13-30-25(33-23)32-22-5-4-17(12-29-22)14-34-8-6-28-7-9-34;26-18-7-6-17(21(29)24-18)25-22(30)16-5-1-3-15(20(16)23(25)31)4-2-9-32-11-13-34-14-12-33-10-8-19(27)28/h4,6,8-9,11,24-27,29,37H,5,7,10,12-23,28H2,1-3H3,(H,55,61,63)(H,51,52,54,56);4-5,10-13,15,28H,6-9,14H2,1-3H3,(H,29,30,32,33);1,3,5,17H,2,4,6-14H2,(H,27,28)(H,24,26,29). The molecule has 9 amide bonds. The van der Waals surface area contributed by atoms with Crippen molar-refractivity contribution < 1.29 is 99.0 Å². The number of aliphatic carboxylic acids is 1. The lowest BCUT2D eigenvalue weighted by molar-refractivity contribution is -0.139. The van der Waals surface area contributed by atoms with E-state index in [1.807, 2.05) is 80.0 Å². The minimum atomic E-state index is -1.01. The summed E-state index contributed by atoms with van der Waals surface area (Å²) in [6.45, 7) is 23.8. The van der Waals surface area contributed by atoms with Crippen molar-refractivity contribution in [1.29, 1.82) is 0 Å². The van der Waals surface area contributed by atoms with Crippen molar-refractivity contribution in [3.05, 3.63) is 189 Å². The molecule has 0 spiro atoms. The maximum absolute atomic E-state index is 15.1. The number of halogens is 4. The number of aromatic nitrogens is 10. The Balaban J connectivity index is 0.000000182. The summed E-state index contributed by atoms with van der Waals surface area (Å²) in [7, 11) is 0. The first-order chi connectivity index (χ1) is 66.1. The molecule has 0 saturated carbocycles. The second kappa shape index (κ2) is 47.0. The first-order valence-electron chi connectivity index (χ1n) is 45.8. The van der Waals surface area contributed by atoms with E-state index in [9.17, 15) is 56.7 Å². The molecule has 6 N–H and O–H groups in total. The van der Waals surface area contributed by atoms with Crippen LogP contribution in [0.15, 0.2) is 110 Å². The number of carboxylic acid groups (broad SMARTS) is 1. The molecule has 4 aromatic carbocycles. The fourth-order valence-corrected chi connectivity index (χ4v) is 17.2. The number of fused-ring (bicyclic) bond motifs is 4. The molecule has 0 bridgehead atoms. The Bertz CT molecular complexity index is 6070. The van der Waals surface area contributed by atoms with E-state index in [1.54, 1.807) is 60.8 Å².